The number of halogens is 1. The summed E-state index contributed by atoms with van der Waals surface area (Å²) in [5.41, 5.74) is 7.41. The number of fused-ring (bicyclic) bond motifs is 4. The number of nitrogens with zero attached hydrogens (tertiary/aromatic N) is 5. The van der Waals surface area contributed by atoms with Gasteiger partial charge in [-0.3, -0.25) is 9.78 Å². The number of anilines is 2. The SMILES string of the molecule is CNc1cc(Cl)cc2c1Cc1ncc(-c3cnc4c(c3)c(=O)c(C(=O)O)cn4C)c(N3CCC(N(C)C)C3)c1-2. The maximum Gasteiger partial charge on any atom is 0.341 e. The first-order valence-corrected chi connectivity index (χ1v) is 13.2. The Morgan fingerprint density at radius 1 is 1.18 bits per heavy atom. The molecule has 0 spiro atoms. The largest absolute Gasteiger partial charge is 0.477 e. The van der Waals surface area contributed by atoms with Crippen molar-refractivity contribution < 1.29 is 9.90 Å². The lowest BCUT2D eigenvalue weighted by Crippen LogP contribution is -2.31. The number of aromatic carboxylic acids is 1. The molecule has 1 saturated heterocycles. The highest BCUT2D eigenvalue weighted by molar-refractivity contribution is 6.31. The van der Waals surface area contributed by atoms with Gasteiger partial charge in [0.2, 0.25) is 5.43 Å². The molecule has 9 nitrogen and oxygen atoms in total. The molecule has 2 N–H and O–H groups in total. The number of carboxylic acids is 1. The van der Waals surface area contributed by atoms with E-state index in [2.05, 4.69) is 34.2 Å². The second-order valence-corrected chi connectivity index (χ2v) is 10.9. The van der Waals surface area contributed by atoms with Gasteiger partial charge < -0.3 is 24.8 Å². The third-order valence-electron chi connectivity index (χ3n) is 7.99. The zero-order valence-electron chi connectivity index (χ0n) is 22.2. The molecule has 1 fully saturated rings. The molecule has 6 rings (SSSR count). The Balaban J connectivity index is 1.62. The number of pyridine rings is 3. The fourth-order valence-electron chi connectivity index (χ4n) is 5.97. The Hall–Kier alpha value is -3.95. The van der Waals surface area contributed by atoms with Crippen LogP contribution >= 0.6 is 11.6 Å². The molecule has 39 heavy (non-hydrogen) atoms. The Morgan fingerprint density at radius 2 is 1.97 bits per heavy atom. The van der Waals surface area contributed by atoms with Crippen molar-refractivity contribution in [2.45, 2.75) is 18.9 Å². The Kier molecular flexibility index (Phi) is 6.08. The van der Waals surface area contributed by atoms with Crippen molar-refractivity contribution in [2.75, 3.05) is 44.4 Å². The molecule has 1 aromatic carbocycles. The molecular weight excluding hydrogens is 516 g/mol. The van der Waals surface area contributed by atoms with Crippen molar-refractivity contribution in [3.8, 4) is 22.3 Å². The predicted molar refractivity (Wildman–Crippen MR) is 154 cm³/mol. The van der Waals surface area contributed by atoms with E-state index >= 15 is 0 Å². The van der Waals surface area contributed by atoms with Crippen molar-refractivity contribution in [3.05, 3.63) is 68.9 Å². The fourth-order valence-corrected chi connectivity index (χ4v) is 6.19. The molecular formula is C29H29ClN6O3. The number of carboxylic acid groups (broad SMARTS) is 1. The second-order valence-electron chi connectivity index (χ2n) is 10.5. The van der Waals surface area contributed by atoms with Gasteiger partial charge in [-0.2, -0.15) is 0 Å². The van der Waals surface area contributed by atoms with Crippen molar-refractivity contribution in [3.63, 3.8) is 0 Å². The van der Waals surface area contributed by atoms with Crippen LogP contribution in [0.2, 0.25) is 5.02 Å². The number of rotatable bonds is 5. The minimum absolute atomic E-state index is 0.259. The van der Waals surface area contributed by atoms with Gasteiger partial charge in [-0.25, -0.2) is 9.78 Å². The molecule has 3 aromatic heterocycles. The number of benzene rings is 1. The van der Waals surface area contributed by atoms with Gasteiger partial charge in [0.1, 0.15) is 11.2 Å². The highest BCUT2D eigenvalue weighted by Crippen LogP contribution is 2.50. The molecule has 200 valence electrons. The van der Waals surface area contributed by atoms with Crippen molar-refractivity contribution in [2.24, 2.45) is 7.05 Å². The van der Waals surface area contributed by atoms with Gasteiger partial charge in [0.15, 0.2) is 0 Å². The van der Waals surface area contributed by atoms with Gasteiger partial charge in [0.05, 0.1) is 16.8 Å². The number of hydrogen-bond donors (Lipinski definition) is 2. The van der Waals surface area contributed by atoms with E-state index in [0.717, 1.165) is 58.8 Å². The second kappa shape index (κ2) is 9.36. The van der Waals surface area contributed by atoms with Gasteiger partial charge in [0.25, 0.3) is 0 Å². The molecule has 4 aromatic rings. The zero-order valence-corrected chi connectivity index (χ0v) is 23.0. The average Bonchev–Trinajstić information content (AvgIpc) is 3.55. The minimum Gasteiger partial charge on any atom is -0.477 e. The summed E-state index contributed by atoms with van der Waals surface area (Å²) in [5.74, 6) is -1.26. The van der Waals surface area contributed by atoms with Gasteiger partial charge in [-0.15, -0.1) is 0 Å². The van der Waals surface area contributed by atoms with Crippen LogP contribution in [0.25, 0.3) is 33.3 Å². The van der Waals surface area contributed by atoms with E-state index in [1.54, 1.807) is 23.9 Å². The average molecular weight is 545 g/mol. The smallest absolute Gasteiger partial charge is 0.341 e. The standard InChI is InChI=1S/C29H29ClN6O3/c1-31-23-9-16(30)8-19-18(23)10-24-25(19)26(36-6-5-17(13-36)34(2)3)21(12-32-24)15-7-20-27(37)22(29(38)39)14-35(4)28(20)33-11-15/h7-9,11-12,14,17,31H,5-6,10,13H2,1-4H3,(H,38,39). The summed E-state index contributed by atoms with van der Waals surface area (Å²) in [6.07, 6.45) is 6.62. The summed E-state index contributed by atoms with van der Waals surface area (Å²) in [4.78, 5) is 39.0. The third-order valence-corrected chi connectivity index (χ3v) is 8.21. The van der Waals surface area contributed by atoms with E-state index in [1.807, 2.05) is 25.4 Å². The quantitative estimate of drug-likeness (QED) is 0.341. The van der Waals surface area contributed by atoms with Gasteiger partial charge >= 0.3 is 5.97 Å². The minimum atomic E-state index is -1.26. The lowest BCUT2D eigenvalue weighted by molar-refractivity contribution is 0.0695. The van der Waals surface area contributed by atoms with Crippen LogP contribution in [0.3, 0.4) is 0 Å². The molecule has 1 unspecified atom stereocenters. The molecule has 0 saturated carbocycles. The highest BCUT2D eigenvalue weighted by atomic mass is 35.5. The first-order valence-electron chi connectivity index (χ1n) is 12.8. The van der Waals surface area contributed by atoms with Crippen LogP contribution in [0, 0.1) is 0 Å². The van der Waals surface area contributed by atoms with Crippen LogP contribution in [-0.2, 0) is 13.5 Å². The molecule has 1 aliphatic heterocycles. The molecule has 0 amide bonds. The summed E-state index contributed by atoms with van der Waals surface area (Å²) in [5, 5.41) is 13.8. The number of carbonyl (C=O) groups is 1. The van der Waals surface area contributed by atoms with Gasteiger partial charge in [-0.1, -0.05) is 11.6 Å². The van der Waals surface area contributed by atoms with Crippen LogP contribution in [0.5, 0.6) is 0 Å². The summed E-state index contributed by atoms with van der Waals surface area (Å²) in [7, 11) is 7.78. The monoisotopic (exact) mass is 544 g/mol. The van der Waals surface area contributed by atoms with Crippen molar-refractivity contribution in [1.82, 2.24) is 19.4 Å². The number of nitrogens with one attached hydrogen (secondary N) is 1. The molecule has 2 aliphatic rings. The van der Waals surface area contributed by atoms with E-state index in [9.17, 15) is 14.7 Å². The topological polar surface area (TPSA) is 104 Å². The molecule has 4 heterocycles. The molecule has 0 bridgehead atoms. The normalized spacial score (nSPS) is 16.2. The molecule has 10 heteroatoms. The first-order chi connectivity index (χ1) is 18.7. The maximum absolute atomic E-state index is 13.1. The van der Waals surface area contributed by atoms with Crippen LogP contribution in [0.4, 0.5) is 11.4 Å². The molecule has 1 atom stereocenters. The van der Waals surface area contributed by atoms with E-state index in [1.165, 1.54) is 6.20 Å². The summed E-state index contributed by atoms with van der Waals surface area (Å²) < 4.78 is 1.57. The Labute approximate surface area is 230 Å². The number of aromatic nitrogens is 3. The zero-order chi connectivity index (χ0) is 27.6. The molecule has 1 aliphatic carbocycles. The van der Waals surface area contributed by atoms with Crippen LogP contribution in [0.1, 0.15) is 28.0 Å². The van der Waals surface area contributed by atoms with E-state index < -0.39 is 11.4 Å². The maximum atomic E-state index is 13.1. The lowest BCUT2D eigenvalue weighted by Gasteiger charge is -2.27. The highest BCUT2D eigenvalue weighted by Gasteiger charge is 2.33. The number of likely N-dealkylation sites (N-methyl/N-ethyl adjacent to an activating group) is 1. The summed E-state index contributed by atoms with van der Waals surface area (Å²) in [6, 6.07) is 6.09. The summed E-state index contributed by atoms with van der Waals surface area (Å²) in [6.45, 7) is 1.71. The summed E-state index contributed by atoms with van der Waals surface area (Å²) >= 11 is 6.57. The van der Waals surface area contributed by atoms with E-state index in [4.69, 9.17) is 16.6 Å². The van der Waals surface area contributed by atoms with Crippen LogP contribution in [0.15, 0.2) is 41.6 Å². The Bertz CT molecular complexity index is 1730. The number of hydrogen-bond acceptors (Lipinski definition) is 7. The predicted octanol–water partition coefficient (Wildman–Crippen LogP) is 4.10. The van der Waals surface area contributed by atoms with E-state index in [0.29, 0.717) is 28.7 Å². The van der Waals surface area contributed by atoms with E-state index in [-0.39, 0.29) is 10.9 Å². The van der Waals surface area contributed by atoms with Crippen molar-refractivity contribution in [1.29, 1.82) is 0 Å². The Morgan fingerprint density at radius 3 is 2.67 bits per heavy atom. The van der Waals surface area contributed by atoms with Gasteiger partial charge in [-0.05, 0) is 49.8 Å². The van der Waals surface area contributed by atoms with Crippen molar-refractivity contribution >= 4 is 40.0 Å². The van der Waals surface area contributed by atoms with Gasteiger partial charge in [0, 0.05) is 85.6 Å². The van der Waals surface area contributed by atoms with Crippen LogP contribution in [-0.4, -0.2) is 70.8 Å². The number of aryl methyl sites for hydroxylation is 1. The molecule has 0 radical (unpaired) electrons. The van der Waals surface area contributed by atoms with Crippen LogP contribution < -0.4 is 15.6 Å². The first kappa shape index (κ1) is 25.3. The lowest BCUT2D eigenvalue weighted by atomic mass is 9.97. The fraction of sp³-hybridized carbons (Fsp3) is 0.310. The third kappa shape index (κ3) is 4.04.